The van der Waals surface area contributed by atoms with E-state index in [4.69, 9.17) is 4.74 Å². The fourth-order valence-corrected chi connectivity index (χ4v) is 2.48. The third kappa shape index (κ3) is 3.79. The Kier molecular flexibility index (Phi) is 6.16. The van der Waals surface area contributed by atoms with Gasteiger partial charge in [-0.15, -0.1) is 0 Å². The van der Waals surface area contributed by atoms with Crippen molar-refractivity contribution >= 4 is 15.9 Å². The van der Waals surface area contributed by atoms with Gasteiger partial charge in [0.2, 0.25) is 0 Å². The summed E-state index contributed by atoms with van der Waals surface area (Å²) in [5.41, 5.74) is 1.22. The first-order valence-electron chi connectivity index (χ1n) is 6.05. The summed E-state index contributed by atoms with van der Waals surface area (Å²) in [5, 5.41) is 7.70. The van der Waals surface area contributed by atoms with Crippen LogP contribution < -0.4 is 5.32 Å². The van der Waals surface area contributed by atoms with Crippen molar-refractivity contribution in [3.05, 3.63) is 16.4 Å². The Morgan fingerprint density at radius 2 is 2.24 bits per heavy atom. The Labute approximate surface area is 112 Å². The van der Waals surface area contributed by atoms with E-state index in [1.807, 2.05) is 17.9 Å². The molecule has 1 heterocycles. The van der Waals surface area contributed by atoms with Gasteiger partial charge in [0, 0.05) is 13.7 Å². The smallest absolute Gasteiger partial charge is 0.0695 e. The number of methoxy groups -OCH3 is 1. The summed E-state index contributed by atoms with van der Waals surface area (Å²) in [5.74, 6) is 0. The van der Waals surface area contributed by atoms with Crippen LogP contribution in [0.2, 0.25) is 0 Å². The normalized spacial score (nSPS) is 14.9. The van der Waals surface area contributed by atoms with Crippen molar-refractivity contribution < 1.29 is 4.74 Å². The molecule has 1 aromatic heterocycles. The first-order chi connectivity index (χ1) is 8.13. The second-order valence-electron chi connectivity index (χ2n) is 4.16. The summed E-state index contributed by atoms with van der Waals surface area (Å²) in [6.07, 6.45) is 4.23. The average Bonchev–Trinajstić information content (AvgIpc) is 2.71. The lowest BCUT2D eigenvalue weighted by atomic mass is 10.1. The van der Waals surface area contributed by atoms with Crippen molar-refractivity contribution in [1.82, 2.24) is 15.1 Å². The molecule has 0 radical (unpaired) electrons. The highest BCUT2D eigenvalue weighted by Crippen LogP contribution is 2.26. The highest BCUT2D eigenvalue weighted by molar-refractivity contribution is 9.10. The molecule has 0 bridgehead atoms. The molecule has 0 aliphatic carbocycles. The molecule has 2 unspecified atom stereocenters. The molecular weight excluding hydrogens is 282 g/mol. The molecule has 4 nitrogen and oxygen atoms in total. The molecule has 0 aromatic carbocycles. The minimum Gasteiger partial charge on any atom is -0.382 e. The number of ether oxygens (including phenoxy) is 1. The number of halogens is 1. The second-order valence-corrected chi connectivity index (χ2v) is 5.01. The fourth-order valence-electron chi connectivity index (χ4n) is 1.91. The lowest BCUT2D eigenvalue weighted by Crippen LogP contribution is -2.22. The molecule has 5 heteroatoms. The molecule has 0 amide bonds. The van der Waals surface area contributed by atoms with Crippen molar-refractivity contribution in [2.75, 3.05) is 14.2 Å². The minimum atomic E-state index is 0.294. The van der Waals surface area contributed by atoms with Gasteiger partial charge in [0.15, 0.2) is 0 Å². The van der Waals surface area contributed by atoms with Crippen LogP contribution in [0.25, 0.3) is 0 Å². The van der Waals surface area contributed by atoms with E-state index in [-0.39, 0.29) is 0 Å². The summed E-state index contributed by atoms with van der Waals surface area (Å²) in [6, 6.07) is 0.310. The molecule has 1 rings (SSSR count). The molecular formula is C12H22BrN3O. The summed E-state index contributed by atoms with van der Waals surface area (Å²) in [6.45, 7) is 5.09. The largest absolute Gasteiger partial charge is 0.382 e. The van der Waals surface area contributed by atoms with Crippen LogP contribution in [0, 0.1) is 0 Å². The first-order valence-corrected chi connectivity index (χ1v) is 6.84. The van der Waals surface area contributed by atoms with Gasteiger partial charge in [0.25, 0.3) is 0 Å². The van der Waals surface area contributed by atoms with E-state index in [0.717, 1.165) is 23.9 Å². The zero-order valence-corrected chi connectivity index (χ0v) is 12.6. The highest BCUT2D eigenvalue weighted by atomic mass is 79.9. The molecule has 1 aromatic rings. The van der Waals surface area contributed by atoms with Crippen molar-refractivity contribution in [2.45, 2.75) is 45.4 Å². The second kappa shape index (κ2) is 7.13. The Morgan fingerprint density at radius 1 is 1.53 bits per heavy atom. The number of hydrogen-bond acceptors (Lipinski definition) is 3. The van der Waals surface area contributed by atoms with E-state index in [0.29, 0.717) is 12.1 Å². The van der Waals surface area contributed by atoms with Gasteiger partial charge in [-0.25, -0.2) is 0 Å². The molecule has 2 atom stereocenters. The predicted octanol–water partition coefficient (Wildman–Crippen LogP) is 2.74. The third-order valence-electron chi connectivity index (χ3n) is 3.08. The minimum absolute atomic E-state index is 0.294. The molecule has 1 N–H and O–H groups in total. The standard InChI is InChI=1S/C12H22BrN3O/c1-5-16-12(10(13)8-15-16)11(14-3)7-6-9(2)17-4/h8-9,11,14H,5-7H2,1-4H3. The van der Waals surface area contributed by atoms with Gasteiger partial charge >= 0.3 is 0 Å². The zero-order valence-electron chi connectivity index (χ0n) is 11.0. The average molecular weight is 304 g/mol. The maximum absolute atomic E-state index is 5.29. The molecule has 0 spiro atoms. The maximum Gasteiger partial charge on any atom is 0.0695 e. The van der Waals surface area contributed by atoms with Crippen LogP contribution in [0.3, 0.4) is 0 Å². The summed E-state index contributed by atoms with van der Waals surface area (Å²) >= 11 is 3.57. The topological polar surface area (TPSA) is 39.1 Å². The fraction of sp³-hybridized carbons (Fsp3) is 0.750. The Balaban J connectivity index is 2.75. The maximum atomic E-state index is 5.29. The van der Waals surface area contributed by atoms with Gasteiger partial charge in [0.05, 0.1) is 28.5 Å². The Bertz CT molecular complexity index is 340. The Hall–Kier alpha value is -0.390. The van der Waals surface area contributed by atoms with E-state index in [9.17, 15) is 0 Å². The van der Waals surface area contributed by atoms with Gasteiger partial charge in [-0.1, -0.05) is 0 Å². The van der Waals surface area contributed by atoms with Crippen LogP contribution in [0.4, 0.5) is 0 Å². The van der Waals surface area contributed by atoms with Crippen molar-refractivity contribution in [3.63, 3.8) is 0 Å². The molecule has 17 heavy (non-hydrogen) atoms. The highest BCUT2D eigenvalue weighted by Gasteiger charge is 2.18. The van der Waals surface area contributed by atoms with E-state index >= 15 is 0 Å². The first kappa shape index (κ1) is 14.7. The molecule has 0 aliphatic heterocycles. The molecule has 98 valence electrons. The third-order valence-corrected chi connectivity index (χ3v) is 3.69. The Morgan fingerprint density at radius 3 is 2.76 bits per heavy atom. The monoisotopic (exact) mass is 303 g/mol. The quantitative estimate of drug-likeness (QED) is 0.842. The van der Waals surface area contributed by atoms with E-state index in [1.165, 1.54) is 5.69 Å². The van der Waals surface area contributed by atoms with E-state index in [2.05, 4.69) is 40.2 Å². The number of hydrogen-bond donors (Lipinski definition) is 1. The van der Waals surface area contributed by atoms with Gasteiger partial charge < -0.3 is 10.1 Å². The molecule has 0 aliphatic rings. The van der Waals surface area contributed by atoms with Crippen LogP contribution in [0.5, 0.6) is 0 Å². The lowest BCUT2D eigenvalue weighted by Gasteiger charge is -2.20. The predicted molar refractivity (Wildman–Crippen MR) is 73.1 cm³/mol. The number of nitrogens with zero attached hydrogens (tertiary/aromatic N) is 2. The lowest BCUT2D eigenvalue weighted by molar-refractivity contribution is 0.106. The molecule has 0 saturated carbocycles. The van der Waals surface area contributed by atoms with Gasteiger partial charge in [-0.3, -0.25) is 4.68 Å². The number of rotatable bonds is 7. The van der Waals surface area contributed by atoms with Crippen molar-refractivity contribution in [2.24, 2.45) is 0 Å². The molecule has 0 saturated heterocycles. The van der Waals surface area contributed by atoms with Crippen LogP contribution in [-0.4, -0.2) is 30.0 Å². The van der Waals surface area contributed by atoms with Gasteiger partial charge in [-0.2, -0.15) is 5.10 Å². The van der Waals surface area contributed by atoms with Gasteiger partial charge in [-0.05, 0) is 49.7 Å². The number of nitrogens with one attached hydrogen (secondary N) is 1. The van der Waals surface area contributed by atoms with Crippen molar-refractivity contribution in [1.29, 1.82) is 0 Å². The van der Waals surface area contributed by atoms with Gasteiger partial charge in [0.1, 0.15) is 0 Å². The van der Waals surface area contributed by atoms with Crippen LogP contribution in [0.15, 0.2) is 10.7 Å². The van der Waals surface area contributed by atoms with Crippen LogP contribution in [0.1, 0.15) is 38.4 Å². The van der Waals surface area contributed by atoms with E-state index < -0.39 is 0 Å². The SMILES string of the molecule is CCn1ncc(Br)c1C(CCC(C)OC)NC. The van der Waals surface area contributed by atoms with Crippen molar-refractivity contribution in [3.8, 4) is 0 Å². The van der Waals surface area contributed by atoms with E-state index in [1.54, 1.807) is 7.11 Å². The summed E-state index contributed by atoms with van der Waals surface area (Å²) < 4.78 is 8.39. The van der Waals surface area contributed by atoms with Crippen LogP contribution in [-0.2, 0) is 11.3 Å². The zero-order chi connectivity index (χ0) is 12.8. The summed E-state index contributed by atoms with van der Waals surface area (Å²) in [7, 11) is 3.74. The number of aromatic nitrogens is 2. The molecule has 0 fully saturated rings. The van der Waals surface area contributed by atoms with Crippen LogP contribution >= 0.6 is 15.9 Å². The number of aryl methyl sites for hydroxylation is 1. The summed E-state index contributed by atoms with van der Waals surface area (Å²) in [4.78, 5) is 0.